The van der Waals surface area contributed by atoms with E-state index in [4.69, 9.17) is 10.9 Å². The van der Waals surface area contributed by atoms with Gasteiger partial charge in [-0.25, -0.2) is 0 Å². The fourth-order valence-electron chi connectivity index (χ4n) is 2.02. The predicted octanol–water partition coefficient (Wildman–Crippen LogP) is 1.36. The van der Waals surface area contributed by atoms with E-state index in [0.29, 0.717) is 18.9 Å². The van der Waals surface area contributed by atoms with Crippen LogP contribution in [0, 0.1) is 11.8 Å². The lowest BCUT2D eigenvalue weighted by Gasteiger charge is -2.27. The van der Waals surface area contributed by atoms with Gasteiger partial charge < -0.3 is 15.8 Å². The topological polar surface area (TPSA) is 78.9 Å². The molecule has 1 fully saturated rings. The van der Waals surface area contributed by atoms with Crippen LogP contribution in [0.1, 0.15) is 26.7 Å². The molecular weight excluding hydrogens is 250 g/mol. The van der Waals surface area contributed by atoms with E-state index < -0.39 is 0 Å². The van der Waals surface area contributed by atoms with Crippen molar-refractivity contribution < 1.29 is 10.0 Å². The third kappa shape index (κ3) is 4.76. The number of thioether (sulfide) groups is 1. The Bertz CT molecular complexity index is 302. The maximum Gasteiger partial charge on any atom is 0.226 e. The summed E-state index contributed by atoms with van der Waals surface area (Å²) in [7, 11) is 0. The molecule has 0 saturated carbocycles. The number of carbonyl (C=O) groups is 1. The van der Waals surface area contributed by atoms with Gasteiger partial charge >= 0.3 is 0 Å². The van der Waals surface area contributed by atoms with E-state index in [0.717, 1.165) is 24.5 Å². The molecule has 0 aromatic heterocycles. The molecule has 1 amide bonds. The first-order valence-electron chi connectivity index (χ1n) is 6.37. The van der Waals surface area contributed by atoms with Gasteiger partial charge in [-0.05, 0) is 18.1 Å². The summed E-state index contributed by atoms with van der Waals surface area (Å²) in [6.07, 6.45) is 1.40. The van der Waals surface area contributed by atoms with E-state index in [9.17, 15) is 4.79 Å². The van der Waals surface area contributed by atoms with Crippen LogP contribution in [-0.4, -0.2) is 46.4 Å². The molecule has 0 aromatic rings. The van der Waals surface area contributed by atoms with E-state index in [2.05, 4.69) is 19.0 Å². The van der Waals surface area contributed by atoms with Gasteiger partial charge in [-0.1, -0.05) is 19.0 Å². The summed E-state index contributed by atoms with van der Waals surface area (Å²) in [6, 6.07) is 0. The van der Waals surface area contributed by atoms with Crippen LogP contribution in [0.2, 0.25) is 0 Å². The second-order valence-electron chi connectivity index (χ2n) is 5.08. The molecule has 104 valence electrons. The number of oxime groups is 1. The number of nitrogens with zero attached hydrogens (tertiary/aromatic N) is 2. The molecule has 0 aromatic carbocycles. The van der Waals surface area contributed by atoms with Crippen LogP contribution in [0.3, 0.4) is 0 Å². The maximum absolute atomic E-state index is 12.4. The third-order valence-electron chi connectivity index (χ3n) is 2.94. The molecule has 1 aliphatic rings. The van der Waals surface area contributed by atoms with Gasteiger partial charge in [-0.3, -0.25) is 4.79 Å². The first-order valence-corrected chi connectivity index (χ1v) is 7.53. The van der Waals surface area contributed by atoms with Gasteiger partial charge in [0.15, 0.2) is 0 Å². The maximum atomic E-state index is 12.4. The van der Waals surface area contributed by atoms with Crippen molar-refractivity contribution in [2.24, 2.45) is 22.7 Å². The number of carbonyl (C=O) groups excluding carboxylic acids is 1. The van der Waals surface area contributed by atoms with Crippen molar-refractivity contribution in [3.63, 3.8) is 0 Å². The molecule has 1 rings (SSSR count). The zero-order valence-electron chi connectivity index (χ0n) is 11.1. The fraction of sp³-hybridized carbons (Fsp3) is 0.833. The minimum Gasteiger partial charge on any atom is -0.409 e. The molecule has 0 aliphatic carbocycles. The molecule has 6 heteroatoms. The molecule has 1 atom stereocenters. The lowest BCUT2D eigenvalue weighted by molar-refractivity contribution is -0.135. The normalized spacial score (nSPS) is 20.4. The highest BCUT2D eigenvalue weighted by molar-refractivity contribution is 7.99. The van der Waals surface area contributed by atoms with E-state index in [1.54, 1.807) is 0 Å². The van der Waals surface area contributed by atoms with Crippen LogP contribution in [0.4, 0.5) is 0 Å². The predicted molar refractivity (Wildman–Crippen MR) is 74.9 cm³/mol. The van der Waals surface area contributed by atoms with Crippen molar-refractivity contribution in [1.82, 2.24) is 4.90 Å². The molecule has 1 unspecified atom stereocenters. The van der Waals surface area contributed by atoms with E-state index in [1.165, 1.54) is 0 Å². The van der Waals surface area contributed by atoms with Crippen LogP contribution in [0.5, 0.6) is 0 Å². The van der Waals surface area contributed by atoms with Crippen molar-refractivity contribution in [3.05, 3.63) is 0 Å². The number of nitrogens with two attached hydrogens (primary N) is 1. The standard InChI is InChI=1S/C12H23N3O2S/c1-9(2)7-15(5-3-11(13)14-17)12(16)10-4-6-18-8-10/h9-10,17H,3-8H2,1-2H3,(H2,13,14). The van der Waals surface area contributed by atoms with Gasteiger partial charge in [0.25, 0.3) is 0 Å². The minimum atomic E-state index is 0.154. The minimum absolute atomic E-state index is 0.154. The van der Waals surface area contributed by atoms with Crippen molar-refractivity contribution >= 4 is 23.5 Å². The second-order valence-corrected chi connectivity index (χ2v) is 6.23. The average Bonchev–Trinajstić information content (AvgIpc) is 2.86. The lowest BCUT2D eigenvalue weighted by atomic mass is 10.1. The van der Waals surface area contributed by atoms with Gasteiger partial charge in [0.1, 0.15) is 5.84 Å². The number of hydrogen-bond donors (Lipinski definition) is 2. The van der Waals surface area contributed by atoms with Crippen molar-refractivity contribution in [3.8, 4) is 0 Å². The molecule has 1 saturated heterocycles. The van der Waals surface area contributed by atoms with E-state index >= 15 is 0 Å². The number of rotatable bonds is 6. The Morgan fingerprint density at radius 1 is 1.61 bits per heavy atom. The highest BCUT2D eigenvalue weighted by Crippen LogP contribution is 2.25. The zero-order valence-corrected chi connectivity index (χ0v) is 11.9. The highest BCUT2D eigenvalue weighted by atomic mass is 32.2. The van der Waals surface area contributed by atoms with E-state index in [-0.39, 0.29) is 17.7 Å². The first-order chi connectivity index (χ1) is 8.54. The summed E-state index contributed by atoms with van der Waals surface area (Å²) >= 11 is 1.84. The molecule has 0 radical (unpaired) electrons. The van der Waals surface area contributed by atoms with Crippen LogP contribution in [0.25, 0.3) is 0 Å². The smallest absolute Gasteiger partial charge is 0.226 e. The molecule has 1 aliphatic heterocycles. The molecule has 1 heterocycles. The Morgan fingerprint density at radius 2 is 2.33 bits per heavy atom. The van der Waals surface area contributed by atoms with Gasteiger partial charge in [-0.2, -0.15) is 11.8 Å². The monoisotopic (exact) mass is 273 g/mol. The Morgan fingerprint density at radius 3 is 2.83 bits per heavy atom. The summed E-state index contributed by atoms with van der Waals surface area (Å²) < 4.78 is 0. The number of amidine groups is 1. The third-order valence-corrected chi connectivity index (χ3v) is 4.10. The van der Waals surface area contributed by atoms with Crippen LogP contribution in [-0.2, 0) is 4.79 Å². The summed E-state index contributed by atoms with van der Waals surface area (Å²) in [6.45, 7) is 5.45. The Balaban J connectivity index is 2.55. The Hall–Kier alpha value is -0.910. The molecule has 3 N–H and O–H groups in total. The quantitative estimate of drug-likeness (QED) is 0.331. The van der Waals surface area contributed by atoms with Gasteiger partial charge in [0, 0.05) is 31.2 Å². The van der Waals surface area contributed by atoms with Crippen molar-refractivity contribution in [2.45, 2.75) is 26.7 Å². The fourth-order valence-corrected chi connectivity index (χ4v) is 3.23. The molecular formula is C12H23N3O2S. The lowest BCUT2D eigenvalue weighted by Crippen LogP contribution is -2.40. The van der Waals surface area contributed by atoms with Gasteiger partial charge in [0.05, 0.1) is 0 Å². The zero-order chi connectivity index (χ0) is 13.5. The van der Waals surface area contributed by atoms with Crippen molar-refractivity contribution in [2.75, 3.05) is 24.6 Å². The van der Waals surface area contributed by atoms with Crippen LogP contribution < -0.4 is 5.73 Å². The SMILES string of the molecule is CC(C)CN(CCC(N)=NO)C(=O)C1CCSC1. The highest BCUT2D eigenvalue weighted by Gasteiger charge is 2.27. The van der Waals surface area contributed by atoms with Crippen molar-refractivity contribution in [1.29, 1.82) is 0 Å². The average molecular weight is 273 g/mol. The molecule has 0 spiro atoms. The summed E-state index contributed by atoms with van der Waals surface area (Å²) in [5.41, 5.74) is 5.46. The second kappa shape index (κ2) is 7.51. The van der Waals surface area contributed by atoms with Crippen LogP contribution >= 0.6 is 11.8 Å². The Kier molecular flexibility index (Phi) is 6.32. The van der Waals surface area contributed by atoms with E-state index in [1.807, 2.05) is 16.7 Å². The van der Waals surface area contributed by atoms with Gasteiger partial charge in [-0.15, -0.1) is 0 Å². The number of amides is 1. The largest absolute Gasteiger partial charge is 0.409 e. The molecule has 0 bridgehead atoms. The number of hydrogen-bond acceptors (Lipinski definition) is 4. The van der Waals surface area contributed by atoms with Gasteiger partial charge in [0.2, 0.25) is 5.91 Å². The molecule has 5 nitrogen and oxygen atoms in total. The summed E-state index contributed by atoms with van der Waals surface area (Å²) in [5, 5.41) is 11.5. The summed E-state index contributed by atoms with van der Waals surface area (Å²) in [4.78, 5) is 14.2. The molecule has 18 heavy (non-hydrogen) atoms. The van der Waals surface area contributed by atoms with Crippen LogP contribution in [0.15, 0.2) is 5.16 Å². The Labute approximate surface area is 113 Å². The first kappa shape index (κ1) is 15.1. The summed E-state index contributed by atoms with van der Waals surface area (Å²) in [5.74, 6) is 2.98.